The molecular weight excluding hydrogens is 299 g/mol. The molecule has 0 aliphatic heterocycles. The molecule has 19 heavy (non-hydrogen) atoms. The zero-order valence-corrected chi connectivity index (χ0v) is 9.73. The first-order valence-electron chi connectivity index (χ1n) is 4.63. The van der Waals surface area contributed by atoms with Gasteiger partial charge in [-0.3, -0.25) is 9.78 Å². The average molecular weight is 305 g/mol. The molecule has 0 aliphatic rings. The molecule has 106 valence electrons. The topological polar surface area (TPSA) is 65.2 Å². The summed E-state index contributed by atoms with van der Waals surface area (Å²) >= 11 is 5.03. The largest absolute Gasteiger partial charge is 0.573 e. The predicted molar refractivity (Wildman–Crippen MR) is 54.0 cm³/mol. The molecule has 1 rings (SSSR count). The number of alkyl halides is 5. The van der Waals surface area contributed by atoms with E-state index >= 15 is 0 Å². The minimum atomic E-state index is -5.20. The Labute approximate surface area is 108 Å². The van der Waals surface area contributed by atoms with Crippen LogP contribution < -0.4 is 10.5 Å². The van der Waals surface area contributed by atoms with Gasteiger partial charge in [-0.05, 0) is 11.6 Å². The predicted octanol–water partition coefficient (Wildman–Crippen LogP) is 2.76. The third-order valence-electron chi connectivity index (χ3n) is 1.98. The van der Waals surface area contributed by atoms with E-state index in [0.29, 0.717) is 6.20 Å². The van der Waals surface area contributed by atoms with Crippen molar-refractivity contribution in [1.29, 1.82) is 0 Å². The van der Waals surface area contributed by atoms with Crippen molar-refractivity contribution in [2.75, 3.05) is 0 Å². The molecular formula is C9H6ClF5N2O2. The molecule has 1 aromatic heterocycles. The molecule has 0 spiro atoms. The molecule has 0 saturated carbocycles. The van der Waals surface area contributed by atoms with Crippen LogP contribution in [-0.4, -0.2) is 16.6 Å². The van der Waals surface area contributed by atoms with Gasteiger partial charge in [0.15, 0.2) is 5.75 Å². The van der Waals surface area contributed by atoms with Crippen LogP contribution >= 0.6 is 11.6 Å². The summed E-state index contributed by atoms with van der Waals surface area (Å²) in [7, 11) is 0. The van der Waals surface area contributed by atoms with Crippen molar-refractivity contribution in [3.8, 4) is 5.75 Å². The highest BCUT2D eigenvalue weighted by atomic mass is 35.5. The Morgan fingerprint density at radius 2 is 2.05 bits per heavy atom. The molecule has 0 saturated heterocycles. The molecule has 2 N–H and O–H groups in total. The van der Waals surface area contributed by atoms with Crippen LogP contribution in [0.25, 0.3) is 0 Å². The molecule has 0 aromatic carbocycles. The van der Waals surface area contributed by atoms with Crippen molar-refractivity contribution in [2.24, 2.45) is 5.73 Å². The van der Waals surface area contributed by atoms with Crippen LogP contribution in [-0.2, 0) is 6.54 Å². The van der Waals surface area contributed by atoms with Gasteiger partial charge in [0.2, 0.25) is 0 Å². The molecule has 1 heterocycles. The van der Waals surface area contributed by atoms with E-state index < -0.39 is 47.1 Å². The Balaban J connectivity index is 3.53. The van der Waals surface area contributed by atoms with Crippen LogP contribution in [0.15, 0.2) is 6.20 Å². The molecule has 0 atom stereocenters. The third-order valence-corrected chi connectivity index (χ3v) is 2.17. The second kappa shape index (κ2) is 5.66. The summed E-state index contributed by atoms with van der Waals surface area (Å²) in [6.45, 7) is -0.550. The molecule has 0 bridgehead atoms. The standard InChI is InChI=1S/C9H6ClF5N2O2/c10-7(18)5-3(8(11)12)2-17-4(1-16)6(5)19-9(13,14)15/h2,8H,1,16H2. The SMILES string of the molecule is NCc1ncc(C(F)F)c(C(=O)Cl)c1OC(F)(F)F. The molecule has 0 aliphatic carbocycles. The Morgan fingerprint density at radius 3 is 2.42 bits per heavy atom. The van der Waals surface area contributed by atoms with E-state index in [-0.39, 0.29) is 0 Å². The normalized spacial score (nSPS) is 11.8. The number of ether oxygens (including phenoxy) is 1. The number of carbonyl (C=O) groups is 1. The zero-order chi connectivity index (χ0) is 14.8. The summed E-state index contributed by atoms with van der Waals surface area (Å²) in [5.41, 5.74) is 2.45. The van der Waals surface area contributed by atoms with Crippen LogP contribution in [0.4, 0.5) is 22.0 Å². The summed E-state index contributed by atoms with van der Waals surface area (Å²) in [5.74, 6) is -1.20. The van der Waals surface area contributed by atoms with Gasteiger partial charge in [0.05, 0.1) is 16.8 Å². The van der Waals surface area contributed by atoms with Gasteiger partial charge in [-0.2, -0.15) is 0 Å². The van der Waals surface area contributed by atoms with E-state index in [1.54, 1.807) is 0 Å². The van der Waals surface area contributed by atoms with Crippen LogP contribution in [0, 0.1) is 0 Å². The maximum atomic E-state index is 12.6. The van der Waals surface area contributed by atoms with Gasteiger partial charge in [-0.25, -0.2) is 8.78 Å². The number of hydrogen-bond acceptors (Lipinski definition) is 4. The van der Waals surface area contributed by atoms with Gasteiger partial charge in [-0.15, -0.1) is 13.2 Å². The van der Waals surface area contributed by atoms with Crippen molar-refractivity contribution >= 4 is 16.8 Å². The lowest BCUT2D eigenvalue weighted by molar-refractivity contribution is -0.275. The van der Waals surface area contributed by atoms with Crippen molar-refractivity contribution in [1.82, 2.24) is 4.98 Å². The smallest absolute Gasteiger partial charge is 0.403 e. The van der Waals surface area contributed by atoms with E-state index in [1.165, 1.54) is 0 Å². The molecule has 0 unspecified atom stereocenters. The Bertz CT molecular complexity index is 492. The number of nitrogens with two attached hydrogens (primary N) is 1. The maximum absolute atomic E-state index is 12.6. The molecule has 1 aromatic rings. The third kappa shape index (κ3) is 3.74. The molecule has 0 fully saturated rings. The monoisotopic (exact) mass is 304 g/mol. The fraction of sp³-hybridized carbons (Fsp3) is 0.333. The van der Waals surface area contributed by atoms with Gasteiger partial charge in [0.25, 0.3) is 11.7 Å². The van der Waals surface area contributed by atoms with E-state index in [1.807, 2.05) is 0 Å². The van der Waals surface area contributed by atoms with Crippen molar-refractivity contribution in [2.45, 2.75) is 19.3 Å². The van der Waals surface area contributed by atoms with Gasteiger partial charge in [0, 0.05) is 12.7 Å². The Morgan fingerprint density at radius 1 is 1.47 bits per heavy atom. The number of rotatable bonds is 4. The first-order chi connectivity index (χ1) is 8.67. The zero-order valence-electron chi connectivity index (χ0n) is 8.97. The van der Waals surface area contributed by atoms with Gasteiger partial charge < -0.3 is 10.5 Å². The number of halogens is 6. The number of pyridine rings is 1. The second-order valence-electron chi connectivity index (χ2n) is 3.19. The van der Waals surface area contributed by atoms with Crippen molar-refractivity contribution < 1.29 is 31.5 Å². The molecule has 4 nitrogen and oxygen atoms in total. The highest BCUT2D eigenvalue weighted by Crippen LogP contribution is 2.35. The van der Waals surface area contributed by atoms with Crippen LogP contribution in [0.1, 0.15) is 28.0 Å². The molecule has 10 heteroatoms. The molecule has 0 radical (unpaired) electrons. The number of hydrogen-bond donors (Lipinski definition) is 1. The van der Waals surface area contributed by atoms with Gasteiger partial charge >= 0.3 is 6.36 Å². The second-order valence-corrected chi connectivity index (χ2v) is 3.53. The first kappa shape index (κ1) is 15.6. The highest BCUT2D eigenvalue weighted by molar-refractivity contribution is 6.68. The van der Waals surface area contributed by atoms with Crippen LogP contribution in [0.2, 0.25) is 0 Å². The van der Waals surface area contributed by atoms with Gasteiger partial charge in [-0.1, -0.05) is 0 Å². The summed E-state index contributed by atoms with van der Waals surface area (Å²) in [6.07, 6.45) is -7.91. The summed E-state index contributed by atoms with van der Waals surface area (Å²) in [6, 6.07) is 0. The lowest BCUT2D eigenvalue weighted by Crippen LogP contribution is -2.22. The fourth-order valence-electron chi connectivity index (χ4n) is 1.29. The number of carbonyl (C=O) groups excluding carboxylic acids is 1. The van der Waals surface area contributed by atoms with Gasteiger partial charge in [0.1, 0.15) is 0 Å². The quantitative estimate of drug-likeness (QED) is 0.686. The van der Waals surface area contributed by atoms with E-state index in [2.05, 4.69) is 9.72 Å². The number of aromatic nitrogens is 1. The minimum absolute atomic E-state index is 0.509. The summed E-state index contributed by atoms with van der Waals surface area (Å²) < 4.78 is 65.4. The molecule has 0 amide bonds. The van der Waals surface area contributed by atoms with E-state index in [9.17, 15) is 26.7 Å². The lowest BCUT2D eigenvalue weighted by Gasteiger charge is -2.16. The van der Waals surface area contributed by atoms with Crippen LogP contribution in [0.5, 0.6) is 5.75 Å². The van der Waals surface area contributed by atoms with E-state index in [4.69, 9.17) is 17.3 Å². The summed E-state index contributed by atoms with van der Waals surface area (Å²) in [5, 5.41) is -1.52. The fourth-order valence-corrected chi connectivity index (χ4v) is 1.48. The first-order valence-corrected chi connectivity index (χ1v) is 5.00. The van der Waals surface area contributed by atoms with E-state index in [0.717, 1.165) is 0 Å². The maximum Gasteiger partial charge on any atom is 0.573 e. The minimum Gasteiger partial charge on any atom is -0.403 e. The number of nitrogens with zero attached hydrogens (tertiary/aromatic N) is 1. The average Bonchev–Trinajstić information content (AvgIpc) is 2.25. The Hall–Kier alpha value is -1.48. The van der Waals surface area contributed by atoms with Crippen molar-refractivity contribution in [3.63, 3.8) is 0 Å². The van der Waals surface area contributed by atoms with Crippen molar-refractivity contribution in [3.05, 3.63) is 23.0 Å². The Kier molecular flexibility index (Phi) is 4.64. The highest BCUT2D eigenvalue weighted by Gasteiger charge is 2.36. The van der Waals surface area contributed by atoms with Crippen LogP contribution in [0.3, 0.4) is 0 Å². The lowest BCUT2D eigenvalue weighted by atomic mass is 10.1. The summed E-state index contributed by atoms with van der Waals surface area (Å²) in [4.78, 5) is 14.4.